The van der Waals surface area contributed by atoms with Crippen molar-refractivity contribution in [2.45, 2.75) is 19.0 Å². The van der Waals surface area contributed by atoms with Gasteiger partial charge in [-0.3, -0.25) is 4.79 Å². The van der Waals surface area contributed by atoms with Crippen molar-refractivity contribution in [2.24, 2.45) is 0 Å². The second-order valence-corrected chi connectivity index (χ2v) is 5.70. The Morgan fingerprint density at radius 2 is 2.18 bits per heavy atom. The van der Waals surface area contributed by atoms with Crippen molar-refractivity contribution in [1.29, 1.82) is 0 Å². The Hall–Kier alpha value is -1.41. The summed E-state index contributed by atoms with van der Waals surface area (Å²) in [6.07, 6.45) is 1.46. The molecule has 1 aliphatic rings. The highest BCUT2D eigenvalue weighted by atomic mass is 32.2. The molecule has 0 fully saturated rings. The van der Waals surface area contributed by atoms with Crippen LogP contribution in [0.1, 0.15) is 6.92 Å². The quantitative estimate of drug-likeness (QED) is 0.554. The Morgan fingerprint density at radius 3 is 2.59 bits per heavy atom. The largest absolute Gasteiger partial charge is 0.480 e. The van der Waals surface area contributed by atoms with E-state index < -0.39 is 33.8 Å². The zero-order valence-electron chi connectivity index (χ0n) is 9.21. The van der Waals surface area contributed by atoms with E-state index in [0.29, 0.717) is 0 Å². The van der Waals surface area contributed by atoms with Gasteiger partial charge in [0, 0.05) is 24.9 Å². The van der Waals surface area contributed by atoms with Gasteiger partial charge in [-0.2, -0.15) is 0 Å². The van der Waals surface area contributed by atoms with E-state index >= 15 is 0 Å². The molecule has 2 unspecified atom stereocenters. The summed E-state index contributed by atoms with van der Waals surface area (Å²) in [4.78, 5) is 21.5. The third-order valence-electron chi connectivity index (χ3n) is 2.19. The molecule has 8 heteroatoms. The average molecular weight is 262 g/mol. The third-order valence-corrected chi connectivity index (χ3v) is 3.59. The molecule has 17 heavy (non-hydrogen) atoms. The maximum absolute atomic E-state index is 11.1. The zero-order valence-corrected chi connectivity index (χ0v) is 10.0. The highest BCUT2D eigenvalue weighted by Gasteiger charge is 2.24. The number of carboxylic acid groups (broad SMARTS) is 1. The SMILES string of the molecule is CC(=O)NC(CNC1C=CS(=O)(=O)C1)C(=O)O. The predicted molar refractivity (Wildman–Crippen MR) is 60.0 cm³/mol. The summed E-state index contributed by atoms with van der Waals surface area (Å²) in [5.74, 6) is -1.70. The van der Waals surface area contributed by atoms with Crippen LogP contribution in [0.15, 0.2) is 11.5 Å². The number of rotatable bonds is 5. The van der Waals surface area contributed by atoms with Gasteiger partial charge in [-0.25, -0.2) is 13.2 Å². The number of carbonyl (C=O) groups excluding carboxylic acids is 1. The fourth-order valence-corrected chi connectivity index (χ4v) is 2.69. The lowest BCUT2D eigenvalue weighted by Gasteiger charge is -2.16. The van der Waals surface area contributed by atoms with Crippen molar-refractivity contribution in [3.8, 4) is 0 Å². The smallest absolute Gasteiger partial charge is 0.327 e. The number of aliphatic carboxylic acids is 1. The van der Waals surface area contributed by atoms with Crippen LogP contribution < -0.4 is 10.6 Å². The number of carboxylic acids is 1. The van der Waals surface area contributed by atoms with Crippen LogP contribution in [0, 0.1) is 0 Å². The number of sulfone groups is 1. The molecule has 3 N–H and O–H groups in total. The van der Waals surface area contributed by atoms with Crippen LogP contribution in [0.5, 0.6) is 0 Å². The summed E-state index contributed by atoms with van der Waals surface area (Å²) in [5, 5.41) is 14.9. The highest BCUT2D eigenvalue weighted by molar-refractivity contribution is 7.94. The number of hydrogen-bond acceptors (Lipinski definition) is 5. The summed E-state index contributed by atoms with van der Waals surface area (Å²) in [5.41, 5.74) is 0. The molecule has 1 rings (SSSR count). The molecule has 0 saturated heterocycles. The summed E-state index contributed by atoms with van der Waals surface area (Å²) < 4.78 is 22.2. The lowest BCUT2D eigenvalue weighted by molar-refractivity contribution is -0.141. The molecular weight excluding hydrogens is 248 g/mol. The summed E-state index contributed by atoms with van der Waals surface area (Å²) in [6, 6.07) is -1.47. The molecule has 0 bridgehead atoms. The molecule has 2 atom stereocenters. The summed E-state index contributed by atoms with van der Waals surface area (Å²) in [6.45, 7) is 1.19. The van der Waals surface area contributed by atoms with E-state index in [2.05, 4.69) is 10.6 Å². The first-order chi connectivity index (χ1) is 7.80. The van der Waals surface area contributed by atoms with Crippen LogP contribution in [0.4, 0.5) is 0 Å². The molecule has 1 amide bonds. The number of nitrogens with one attached hydrogen (secondary N) is 2. The van der Waals surface area contributed by atoms with E-state index in [1.54, 1.807) is 0 Å². The molecule has 0 spiro atoms. The molecule has 96 valence electrons. The second kappa shape index (κ2) is 5.28. The molecule has 1 heterocycles. The van der Waals surface area contributed by atoms with Gasteiger partial charge in [-0.05, 0) is 0 Å². The highest BCUT2D eigenvalue weighted by Crippen LogP contribution is 2.07. The van der Waals surface area contributed by atoms with Gasteiger partial charge in [0.15, 0.2) is 9.84 Å². The van der Waals surface area contributed by atoms with Crippen LogP contribution >= 0.6 is 0 Å². The van der Waals surface area contributed by atoms with Gasteiger partial charge in [-0.1, -0.05) is 6.08 Å². The lowest BCUT2D eigenvalue weighted by atomic mass is 10.2. The first-order valence-corrected chi connectivity index (χ1v) is 6.66. The van der Waals surface area contributed by atoms with Crippen molar-refractivity contribution < 1.29 is 23.1 Å². The van der Waals surface area contributed by atoms with Gasteiger partial charge < -0.3 is 15.7 Å². The summed E-state index contributed by atoms with van der Waals surface area (Å²) >= 11 is 0. The van der Waals surface area contributed by atoms with E-state index in [1.807, 2.05) is 0 Å². The average Bonchev–Trinajstić information content (AvgIpc) is 2.52. The topological polar surface area (TPSA) is 113 Å². The van der Waals surface area contributed by atoms with E-state index in [0.717, 1.165) is 5.41 Å². The van der Waals surface area contributed by atoms with Crippen LogP contribution in [-0.4, -0.2) is 49.8 Å². The van der Waals surface area contributed by atoms with Crippen LogP contribution in [0.3, 0.4) is 0 Å². The maximum atomic E-state index is 11.1. The molecule has 0 aromatic carbocycles. The fraction of sp³-hybridized carbons (Fsp3) is 0.556. The van der Waals surface area contributed by atoms with Gasteiger partial charge in [0.2, 0.25) is 5.91 Å². The monoisotopic (exact) mass is 262 g/mol. The van der Waals surface area contributed by atoms with Crippen molar-refractivity contribution in [3.05, 3.63) is 11.5 Å². The van der Waals surface area contributed by atoms with E-state index in [4.69, 9.17) is 5.11 Å². The van der Waals surface area contributed by atoms with Crippen LogP contribution in [0.2, 0.25) is 0 Å². The van der Waals surface area contributed by atoms with E-state index in [1.165, 1.54) is 13.0 Å². The molecule has 0 saturated carbocycles. The van der Waals surface area contributed by atoms with E-state index in [-0.39, 0.29) is 12.3 Å². The van der Waals surface area contributed by atoms with Crippen molar-refractivity contribution in [3.63, 3.8) is 0 Å². The standard InChI is InChI=1S/C9H14N2O5S/c1-6(12)11-8(9(13)14)4-10-7-2-3-17(15,16)5-7/h2-3,7-8,10H,4-5H2,1H3,(H,11,12)(H,13,14). The molecule has 7 nitrogen and oxygen atoms in total. The molecular formula is C9H14N2O5S. The van der Waals surface area contributed by atoms with E-state index in [9.17, 15) is 18.0 Å². The lowest BCUT2D eigenvalue weighted by Crippen LogP contribution is -2.48. The zero-order chi connectivity index (χ0) is 13.1. The number of hydrogen-bond donors (Lipinski definition) is 3. The van der Waals surface area contributed by atoms with Crippen molar-refractivity contribution in [2.75, 3.05) is 12.3 Å². The Kier molecular flexibility index (Phi) is 4.24. The third kappa shape index (κ3) is 4.53. The number of carbonyl (C=O) groups is 2. The predicted octanol–water partition coefficient (Wildman–Crippen LogP) is -1.52. The van der Waals surface area contributed by atoms with Crippen LogP contribution in [0.25, 0.3) is 0 Å². The minimum absolute atomic E-state index is 0.0283. The molecule has 0 radical (unpaired) electrons. The number of amides is 1. The normalized spacial score (nSPS) is 23.2. The first-order valence-electron chi connectivity index (χ1n) is 4.94. The minimum Gasteiger partial charge on any atom is -0.480 e. The van der Waals surface area contributed by atoms with Gasteiger partial charge in [0.1, 0.15) is 6.04 Å². The molecule has 0 aliphatic carbocycles. The first kappa shape index (κ1) is 13.7. The Labute approximate surface area is 98.8 Å². The van der Waals surface area contributed by atoms with Gasteiger partial charge >= 0.3 is 5.97 Å². The fourth-order valence-electron chi connectivity index (χ4n) is 1.42. The Balaban J connectivity index is 2.46. The molecule has 0 aromatic rings. The van der Waals surface area contributed by atoms with Crippen molar-refractivity contribution in [1.82, 2.24) is 10.6 Å². The van der Waals surface area contributed by atoms with Gasteiger partial charge in [-0.15, -0.1) is 0 Å². The van der Waals surface area contributed by atoms with Gasteiger partial charge in [0.25, 0.3) is 0 Å². The van der Waals surface area contributed by atoms with Crippen LogP contribution in [-0.2, 0) is 19.4 Å². The van der Waals surface area contributed by atoms with Crippen molar-refractivity contribution >= 4 is 21.7 Å². The maximum Gasteiger partial charge on any atom is 0.327 e. The second-order valence-electron chi connectivity index (χ2n) is 3.76. The molecule has 1 aliphatic heterocycles. The summed E-state index contributed by atoms with van der Waals surface area (Å²) in [7, 11) is -3.16. The minimum atomic E-state index is -3.16. The van der Waals surface area contributed by atoms with Gasteiger partial charge in [0.05, 0.1) is 5.75 Å². The Morgan fingerprint density at radius 1 is 1.53 bits per heavy atom. The molecule has 0 aromatic heterocycles. The Bertz CT molecular complexity index is 442.